The number of carbonyl (C=O) groups excluding carboxylic acids is 2. The Bertz CT molecular complexity index is 457. The molecule has 17 heavy (non-hydrogen) atoms. The average molecular weight is 233 g/mol. The van der Waals surface area contributed by atoms with Gasteiger partial charge in [0.05, 0.1) is 0 Å². The predicted octanol–water partition coefficient (Wildman–Crippen LogP) is 1.65. The summed E-state index contributed by atoms with van der Waals surface area (Å²) in [5.41, 5.74) is 0.937. The maximum Gasteiger partial charge on any atom is 0.329 e. The average Bonchev–Trinajstić information content (AvgIpc) is 2.29. The van der Waals surface area contributed by atoms with Crippen molar-refractivity contribution >= 4 is 17.8 Å². The van der Waals surface area contributed by atoms with Crippen LogP contribution in [0.4, 0.5) is 10.6 Å². The molecule has 0 saturated carbocycles. The van der Waals surface area contributed by atoms with E-state index >= 15 is 0 Å². The summed E-state index contributed by atoms with van der Waals surface area (Å²) in [6.07, 6.45) is 0.319. The number of hydrogen-bond donors (Lipinski definition) is 1. The number of anilines is 1. The minimum atomic E-state index is -0.394. The van der Waals surface area contributed by atoms with Crippen molar-refractivity contribution in [1.82, 2.24) is 10.3 Å². The second kappa shape index (κ2) is 4.53. The summed E-state index contributed by atoms with van der Waals surface area (Å²) in [5, 5.41) is 2.28. The SMILES string of the molecule is CC(C)c1cccc(N2CCC(=O)NC2=O)n1. The molecule has 90 valence electrons. The first-order valence-electron chi connectivity index (χ1n) is 5.66. The number of aromatic nitrogens is 1. The summed E-state index contributed by atoms with van der Waals surface area (Å²) in [5.74, 6) is 0.678. The molecule has 5 nitrogen and oxygen atoms in total. The van der Waals surface area contributed by atoms with Gasteiger partial charge in [0, 0.05) is 18.7 Å². The van der Waals surface area contributed by atoms with E-state index in [2.05, 4.69) is 10.3 Å². The minimum absolute atomic E-state index is 0.230. The van der Waals surface area contributed by atoms with E-state index in [0.717, 1.165) is 5.69 Å². The largest absolute Gasteiger partial charge is 0.329 e. The van der Waals surface area contributed by atoms with Crippen molar-refractivity contribution in [2.75, 3.05) is 11.4 Å². The van der Waals surface area contributed by atoms with Gasteiger partial charge in [0.15, 0.2) is 0 Å². The van der Waals surface area contributed by atoms with Gasteiger partial charge in [-0.25, -0.2) is 9.78 Å². The third-order valence-electron chi connectivity index (χ3n) is 2.68. The molecule has 1 aliphatic heterocycles. The molecular weight excluding hydrogens is 218 g/mol. The number of pyridine rings is 1. The molecule has 1 fully saturated rings. The van der Waals surface area contributed by atoms with Gasteiger partial charge in [0.2, 0.25) is 5.91 Å². The van der Waals surface area contributed by atoms with Gasteiger partial charge in [-0.2, -0.15) is 0 Å². The number of urea groups is 1. The zero-order chi connectivity index (χ0) is 12.4. The van der Waals surface area contributed by atoms with E-state index in [0.29, 0.717) is 24.7 Å². The van der Waals surface area contributed by atoms with Crippen molar-refractivity contribution in [3.05, 3.63) is 23.9 Å². The first-order chi connectivity index (χ1) is 8.08. The lowest BCUT2D eigenvalue weighted by Gasteiger charge is -2.26. The summed E-state index contributed by atoms with van der Waals surface area (Å²) in [7, 11) is 0. The van der Waals surface area contributed by atoms with Gasteiger partial charge in [-0.15, -0.1) is 0 Å². The van der Waals surface area contributed by atoms with Gasteiger partial charge in [-0.3, -0.25) is 15.0 Å². The first-order valence-corrected chi connectivity index (χ1v) is 5.66. The minimum Gasteiger partial charge on any atom is -0.278 e. The summed E-state index contributed by atoms with van der Waals surface area (Å²) in [6, 6.07) is 5.19. The molecule has 3 amide bonds. The molecule has 0 bridgehead atoms. The number of carbonyl (C=O) groups is 2. The molecule has 0 spiro atoms. The molecule has 1 saturated heterocycles. The quantitative estimate of drug-likeness (QED) is 0.844. The molecule has 0 aliphatic carbocycles. The van der Waals surface area contributed by atoms with Crippen molar-refractivity contribution < 1.29 is 9.59 Å². The van der Waals surface area contributed by atoms with Gasteiger partial charge < -0.3 is 0 Å². The Morgan fingerprint density at radius 1 is 1.35 bits per heavy atom. The van der Waals surface area contributed by atoms with Crippen molar-refractivity contribution in [1.29, 1.82) is 0 Å². The number of hydrogen-bond acceptors (Lipinski definition) is 3. The molecule has 1 N–H and O–H groups in total. The Kier molecular flexibility index (Phi) is 3.08. The molecule has 1 aliphatic rings. The molecule has 2 heterocycles. The standard InChI is InChI=1S/C12H15N3O2/c1-8(2)9-4-3-5-10(13-9)15-7-6-11(16)14-12(15)17/h3-5,8H,6-7H2,1-2H3,(H,14,16,17). The number of rotatable bonds is 2. The van der Waals surface area contributed by atoms with Crippen molar-refractivity contribution in [2.45, 2.75) is 26.2 Å². The highest BCUT2D eigenvalue weighted by Gasteiger charge is 2.25. The summed E-state index contributed by atoms with van der Waals surface area (Å²) >= 11 is 0. The number of amides is 3. The second-order valence-electron chi connectivity index (χ2n) is 4.33. The molecule has 1 aromatic heterocycles. The molecule has 0 aromatic carbocycles. The molecule has 0 radical (unpaired) electrons. The third-order valence-corrected chi connectivity index (χ3v) is 2.68. The van der Waals surface area contributed by atoms with Gasteiger partial charge in [-0.1, -0.05) is 19.9 Å². The number of imide groups is 1. The highest BCUT2D eigenvalue weighted by atomic mass is 16.2. The van der Waals surface area contributed by atoms with Crippen LogP contribution in [0.25, 0.3) is 0 Å². The maximum atomic E-state index is 11.6. The van der Waals surface area contributed by atoms with Crippen LogP contribution in [-0.4, -0.2) is 23.5 Å². The van der Waals surface area contributed by atoms with E-state index in [-0.39, 0.29) is 5.91 Å². The topological polar surface area (TPSA) is 62.3 Å². The zero-order valence-electron chi connectivity index (χ0n) is 9.93. The van der Waals surface area contributed by atoms with E-state index in [9.17, 15) is 9.59 Å². The monoisotopic (exact) mass is 233 g/mol. The van der Waals surface area contributed by atoms with Gasteiger partial charge in [-0.05, 0) is 18.1 Å². The molecule has 2 rings (SSSR count). The van der Waals surface area contributed by atoms with Crippen LogP contribution < -0.4 is 10.2 Å². The Morgan fingerprint density at radius 2 is 2.12 bits per heavy atom. The smallest absolute Gasteiger partial charge is 0.278 e. The number of nitrogens with zero attached hydrogens (tertiary/aromatic N) is 2. The Hall–Kier alpha value is -1.91. The second-order valence-corrected chi connectivity index (χ2v) is 4.33. The van der Waals surface area contributed by atoms with E-state index in [1.165, 1.54) is 4.90 Å². The van der Waals surface area contributed by atoms with E-state index in [1.54, 1.807) is 6.07 Å². The molecule has 0 atom stereocenters. The van der Waals surface area contributed by atoms with Crippen LogP contribution in [0.2, 0.25) is 0 Å². The molecular formula is C12H15N3O2. The van der Waals surface area contributed by atoms with Crippen LogP contribution in [-0.2, 0) is 4.79 Å². The van der Waals surface area contributed by atoms with Crippen molar-refractivity contribution in [3.63, 3.8) is 0 Å². The highest BCUT2D eigenvalue weighted by Crippen LogP contribution is 2.18. The van der Waals surface area contributed by atoms with Crippen LogP contribution in [0, 0.1) is 0 Å². The Balaban J connectivity index is 2.25. The first kappa shape index (κ1) is 11.6. The lowest BCUT2D eigenvalue weighted by molar-refractivity contribution is -0.120. The fourth-order valence-electron chi connectivity index (χ4n) is 1.69. The molecule has 5 heteroatoms. The van der Waals surface area contributed by atoms with E-state index in [4.69, 9.17) is 0 Å². The third kappa shape index (κ3) is 2.43. The fourth-order valence-corrected chi connectivity index (χ4v) is 1.69. The predicted molar refractivity (Wildman–Crippen MR) is 63.8 cm³/mol. The van der Waals surface area contributed by atoms with E-state index in [1.807, 2.05) is 26.0 Å². The lowest BCUT2D eigenvalue weighted by atomic mass is 10.1. The van der Waals surface area contributed by atoms with Crippen LogP contribution >= 0.6 is 0 Å². The van der Waals surface area contributed by atoms with Gasteiger partial charge in [0.1, 0.15) is 5.82 Å². The fraction of sp³-hybridized carbons (Fsp3) is 0.417. The van der Waals surface area contributed by atoms with Crippen molar-refractivity contribution in [3.8, 4) is 0 Å². The van der Waals surface area contributed by atoms with E-state index < -0.39 is 6.03 Å². The lowest BCUT2D eigenvalue weighted by Crippen LogP contribution is -2.49. The summed E-state index contributed by atoms with van der Waals surface area (Å²) in [4.78, 5) is 28.6. The molecule has 0 unspecified atom stereocenters. The highest BCUT2D eigenvalue weighted by molar-refractivity contribution is 6.05. The van der Waals surface area contributed by atoms with Gasteiger partial charge in [0.25, 0.3) is 0 Å². The van der Waals surface area contributed by atoms with Crippen LogP contribution in [0.3, 0.4) is 0 Å². The molecule has 1 aromatic rings. The van der Waals surface area contributed by atoms with Gasteiger partial charge >= 0.3 is 6.03 Å². The maximum absolute atomic E-state index is 11.6. The van der Waals surface area contributed by atoms with Crippen LogP contribution in [0.5, 0.6) is 0 Å². The summed E-state index contributed by atoms with van der Waals surface area (Å²) in [6.45, 7) is 4.48. The van der Waals surface area contributed by atoms with Crippen LogP contribution in [0.15, 0.2) is 18.2 Å². The normalized spacial score (nSPS) is 16.3. The Morgan fingerprint density at radius 3 is 2.76 bits per heavy atom. The zero-order valence-corrected chi connectivity index (χ0v) is 9.93. The van der Waals surface area contributed by atoms with Crippen molar-refractivity contribution in [2.24, 2.45) is 0 Å². The summed E-state index contributed by atoms with van der Waals surface area (Å²) < 4.78 is 0. The van der Waals surface area contributed by atoms with Crippen LogP contribution in [0.1, 0.15) is 31.9 Å². The Labute approximate surface area is 99.8 Å². The number of nitrogens with one attached hydrogen (secondary N) is 1.